The average Bonchev–Trinajstić information content (AvgIpc) is 2.69. The fourth-order valence-corrected chi connectivity index (χ4v) is 3.93. The molecule has 4 heteroatoms. The maximum Gasteiger partial charge on any atom is 0.304 e. The van der Waals surface area contributed by atoms with Crippen LogP contribution in [-0.4, -0.2) is 34.3 Å². The summed E-state index contributed by atoms with van der Waals surface area (Å²) in [6, 6.07) is 0. The van der Waals surface area contributed by atoms with Crippen molar-refractivity contribution >= 4 is 17.7 Å². The Morgan fingerprint density at radius 1 is 1.29 bits per heavy atom. The number of aliphatic carboxylic acids is 1. The Labute approximate surface area is 107 Å². The van der Waals surface area contributed by atoms with Crippen molar-refractivity contribution in [2.45, 2.75) is 63.1 Å². The second kappa shape index (κ2) is 6.10. The number of ether oxygens (including phenoxy) is 1. The summed E-state index contributed by atoms with van der Waals surface area (Å²) in [6.45, 7) is 0. The Bertz CT molecular complexity index is 261. The van der Waals surface area contributed by atoms with E-state index < -0.39 is 5.97 Å². The van der Waals surface area contributed by atoms with E-state index in [9.17, 15) is 4.79 Å². The molecule has 1 N–H and O–H groups in total. The van der Waals surface area contributed by atoms with Crippen molar-refractivity contribution in [2.24, 2.45) is 0 Å². The highest BCUT2D eigenvalue weighted by atomic mass is 32.2. The first-order valence-electron chi connectivity index (χ1n) is 6.68. The summed E-state index contributed by atoms with van der Waals surface area (Å²) in [5, 5.41) is 8.56. The third-order valence-corrected chi connectivity index (χ3v) is 4.97. The van der Waals surface area contributed by atoms with E-state index in [0.29, 0.717) is 11.9 Å². The van der Waals surface area contributed by atoms with Gasteiger partial charge in [-0.05, 0) is 25.7 Å². The average molecular weight is 258 g/mol. The first kappa shape index (κ1) is 13.2. The molecule has 0 bridgehead atoms. The van der Waals surface area contributed by atoms with Crippen LogP contribution < -0.4 is 0 Å². The molecule has 2 fully saturated rings. The van der Waals surface area contributed by atoms with Gasteiger partial charge in [0.15, 0.2) is 0 Å². The van der Waals surface area contributed by atoms with Crippen LogP contribution in [0.5, 0.6) is 0 Å². The number of hydrogen-bond acceptors (Lipinski definition) is 3. The van der Waals surface area contributed by atoms with Gasteiger partial charge in [0, 0.05) is 11.5 Å². The lowest BCUT2D eigenvalue weighted by Gasteiger charge is -2.33. The van der Waals surface area contributed by atoms with Gasteiger partial charge in [-0.2, -0.15) is 11.8 Å². The molecule has 1 saturated heterocycles. The highest BCUT2D eigenvalue weighted by molar-refractivity contribution is 7.99. The standard InChI is InChI=1S/C13H22O3S/c14-12(15)5-9-17-10-11-4-8-13(16-11)6-2-1-3-7-13/h11H,1-10H2,(H,14,15). The molecule has 1 saturated carbocycles. The van der Waals surface area contributed by atoms with Gasteiger partial charge in [0.05, 0.1) is 18.1 Å². The quantitative estimate of drug-likeness (QED) is 0.770. The lowest BCUT2D eigenvalue weighted by atomic mass is 9.83. The van der Waals surface area contributed by atoms with Gasteiger partial charge in [0.1, 0.15) is 0 Å². The predicted molar refractivity (Wildman–Crippen MR) is 69.5 cm³/mol. The summed E-state index contributed by atoms with van der Waals surface area (Å²) < 4.78 is 6.23. The molecule has 1 spiro atoms. The highest BCUT2D eigenvalue weighted by Crippen LogP contribution is 2.42. The van der Waals surface area contributed by atoms with E-state index in [2.05, 4.69) is 0 Å². The van der Waals surface area contributed by atoms with E-state index >= 15 is 0 Å². The maximum atomic E-state index is 10.4. The number of carbonyl (C=O) groups is 1. The molecule has 1 unspecified atom stereocenters. The third-order valence-electron chi connectivity index (χ3n) is 3.87. The molecular weight excluding hydrogens is 236 g/mol. The fraction of sp³-hybridized carbons (Fsp3) is 0.923. The maximum absolute atomic E-state index is 10.4. The molecule has 0 aromatic rings. The molecule has 1 aliphatic carbocycles. The summed E-state index contributed by atoms with van der Waals surface area (Å²) >= 11 is 1.72. The smallest absolute Gasteiger partial charge is 0.304 e. The van der Waals surface area contributed by atoms with Crippen LogP contribution in [0, 0.1) is 0 Å². The van der Waals surface area contributed by atoms with Gasteiger partial charge in [-0.3, -0.25) is 4.79 Å². The molecule has 1 heterocycles. The van der Waals surface area contributed by atoms with Gasteiger partial charge in [-0.25, -0.2) is 0 Å². The zero-order chi connectivity index (χ0) is 12.1. The van der Waals surface area contributed by atoms with Crippen LogP contribution in [0.4, 0.5) is 0 Å². The normalized spacial score (nSPS) is 27.4. The van der Waals surface area contributed by atoms with Crippen molar-refractivity contribution in [3.05, 3.63) is 0 Å². The predicted octanol–water partition coefficient (Wildman–Crippen LogP) is 3.08. The molecule has 0 amide bonds. The highest BCUT2D eigenvalue weighted by Gasteiger charge is 2.40. The minimum Gasteiger partial charge on any atom is -0.481 e. The molecule has 3 nitrogen and oxygen atoms in total. The molecule has 2 aliphatic rings. The van der Waals surface area contributed by atoms with Crippen LogP contribution in [0.2, 0.25) is 0 Å². The first-order valence-corrected chi connectivity index (χ1v) is 7.83. The summed E-state index contributed by atoms with van der Waals surface area (Å²) in [7, 11) is 0. The molecule has 0 radical (unpaired) electrons. The zero-order valence-electron chi connectivity index (χ0n) is 10.3. The van der Waals surface area contributed by atoms with Gasteiger partial charge in [-0.1, -0.05) is 19.3 Å². The molecule has 17 heavy (non-hydrogen) atoms. The van der Waals surface area contributed by atoms with Crippen LogP contribution in [0.15, 0.2) is 0 Å². The zero-order valence-corrected chi connectivity index (χ0v) is 11.1. The second-order valence-electron chi connectivity index (χ2n) is 5.24. The van der Waals surface area contributed by atoms with Gasteiger partial charge in [0.25, 0.3) is 0 Å². The molecule has 2 rings (SSSR count). The van der Waals surface area contributed by atoms with E-state index in [0.717, 1.165) is 5.75 Å². The van der Waals surface area contributed by atoms with Crippen molar-refractivity contribution in [3.63, 3.8) is 0 Å². The minimum atomic E-state index is -0.700. The summed E-state index contributed by atoms with van der Waals surface area (Å²) in [5.74, 6) is 0.977. The largest absolute Gasteiger partial charge is 0.481 e. The fourth-order valence-electron chi connectivity index (χ4n) is 2.95. The SMILES string of the molecule is O=C(O)CCSCC1CCC2(CCCCC2)O1. The van der Waals surface area contributed by atoms with Crippen molar-refractivity contribution < 1.29 is 14.6 Å². The van der Waals surface area contributed by atoms with Crippen LogP contribution >= 0.6 is 11.8 Å². The number of hydrogen-bond donors (Lipinski definition) is 1. The lowest BCUT2D eigenvalue weighted by molar-refractivity contribution is -0.136. The monoisotopic (exact) mass is 258 g/mol. The van der Waals surface area contributed by atoms with E-state index in [1.54, 1.807) is 11.8 Å². The Morgan fingerprint density at radius 3 is 2.76 bits per heavy atom. The van der Waals surface area contributed by atoms with E-state index in [4.69, 9.17) is 9.84 Å². The first-order chi connectivity index (χ1) is 8.20. The number of carboxylic acid groups (broad SMARTS) is 1. The van der Waals surface area contributed by atoms with Gasteiger partial charge >= 0.3 is 5.97 Å². The third kappa shape index (κ3) is 3.88. The van der Waals surface area contributed by atoms with Crippen LogP contribution in [0.25, 0.3) is 0 Å². The molecule has 1 aliphatic heterocycles. The second-order valence-corrected chi connectivity index (χ2v) is 6.39. The van der Waals surface area contributed by atoms with E-state index in [-0.39, 0.29) is 12.0 Å². The van der Waals surface area contributed by atoms with E-state index in [1.165, 1.54) is 44.9 Å². The Balaban J connectivity index is 1.65. The molecule has 0 aromatic carbocycles. The van der Waals surface area contributed by atoms with Crippen molar-refractivity contribution in [1.82, 2.24) is 0 Å². The Hall–Kier alpha value is -0.220. The lowest BCUT2D eigenvalue weighted by Crippen LogP contribution is -2.32. The summed E-state index contributed by atoms with van der Waals surface area (Å²) in [5.41, 5.74) is 0.205. The van der Waals surface area contributed by atoms with E-state index in [1.807, 2.05) is 0 Å². The van der Waals surface area contributed by atoms with Gasteiger partial charge in [0.2, 0.25) is 0 Å². The van der Waals surface area contributed by atoms with Gasteiger partial charge in [-0.15, -0.1) is 0 Å². The molecule has 98 valence electrons. The molecular formula is C13H22O3S. The van der Waals surface area contributed by atoms with Crippen molar-refractivity contribution in [2.75, 3.05) is 11.5 Å². The van der Waals surface area contributed by atoms with Crippen LogP contribution in [0.1, 0.15) is 51.4 Å². The summed E-state index contributed by atoms with van der Waals surface area (Å²) in [4.78, 5) is 10.4. The number of rotatable bonds is 5. The van der Waals surface area contributed by atoms with Crippen molar-refractivity contribution in [1.29, 1.82) is 0 Å². The number of carboxylic acids is 1. The van der Waals surface area contributed by atoms with Crippen LogP contribution in [-0.2, 0) is 9.53 Å². The molecule has 0 aromatic heterocycles. The number of thioether (sulfide) groups is 1. The molecule has 1 atom stereocenters. The summed E-state index contributed by atoms with van der Waals surface area (Å²) in [6.07, 6.45) is 9.50. The van der Waals surface area contributed by atoms with Crippen LogP contribution in [0.3, 0.4) is 0 Å². The Morgan fingerprint density at radius 2 is 2.06 bits per heavy atom. The Kier molecular flexibility index (Phi) is 4.74. The topological polar surface area (TPSA) is 46.5 Å². The minimum absolute atomic E-state index is 0.205. The van der Waals surface area contributed by atoms with Crippen molar-refractivity contribution in [3.8, 4) is 0 Å². The van der Waals surface area contributed by atoms with Gasteiger partial charge < -0.3 is 9.84 Å².